The maximum absolute atomic E-state index is 2.97. The Labute approximate surface area is 77.8 Å². The van der Waals surface area contributed by atoms with Gasteiger partial charge in [0.15, 0.2) is 0 Å². The van der Waals surface area contributed by atoms with E-state index in [1.165, 1.54) is 0 Å². The van der Waals surface area contributed by atoms with Crippen LogP contribution in [0.4, 0.5) is 0 Å². The molecule has 5 heavy (non-hydrogen) atoms. The molecule has 0 rings (SSSR count). The molecular formula is CH3KO2Si. The Morgan fingerprint density at radius 1 is 1.00 bits per heavy atom. The molecule has 2 nitrogen and oxygen atoms in total. The van der Waals surface area contributed by atoms with Crippen LogP contribution in [0.5, 0.6) is 0 Å². The normalized spacial score (nSPS) is 1.40. The molecule has 0 aliphatic rings. The van der Waals surface area contributed by atoms with Crippen LogP contribution in [-0.2, 0) is 11.0 Å². The van der Waals surface area contributed by atoms with Crippen LogP contribution in [0.1, 0.15) is 0 Å². The predicted octanol–water partition coefficient (Wildman–Crippen LogP) is -3.03. The van der Waals surface area contributed by atoms with Gasteiger partial charge in [0.1, 0.15) is 0 Å². The van der Waals surface area contributed by atoms with E-state index in [0.29, 0.717) is 0 Å². The van der Waals surface area contributed by atoms with Gasteiger partial charge in [0.25, 0.3) is 0 Å². The van der Waals surface area contributed by atoms with Crippen molar-refractivity contribution < 1.29 is 62.3 Å². The minimum absolute atomic E-state index is 0. The van der Waals surface area contributed by atoms with Crippen LogP contribution in [0.15, 0.2) is 0 Å². The summed E-state index contributed by atoms with van der Waals surface area (Å²) in [6.45, 7) is 1.81. The number of hydrogen-bond acceptors (Lipinski definition) is 0. The minimum atomic E-state index is 0. The molecule has 0 aromatic rings. The van der Waals surface area contributed by atoms with E-state index in [4.69, 9.17) is 0 Å². The zero-order valence-electron chi connectivity index (χ0n) is 3.32. The van der Waals surface area contributed by atoms with E-state index in [2.05, 4.69) is 10.2 Å². The van der Waals surface area contributed by atoms with Crippen molar-refractivity contribution in [3.05, 3.63) is 0 Å². The molecule has 0 aromatic carbocycles. The van der Waals surface area contributed by atoms with Gasteiger partial charge >= 0.3 is 68.2 Å². The third kappa shape index (κ3) is 26.1. The molecule has 0 spiro atoms. The van der Waals surface area contributed by atoms with Gasteiger partial charge in [-0.25, -0.2) is 0 Å². The summed E-state index contributed by atoms with van der Waals surface area (Å²) in [7, 11) is 2.97. The van der Waals surface area contributed by atoms with Gasteiger partial charge in [0, 0.05) is 0 Å². The molecule has 0 radical (unpaired) electrons. The SMILES string of the molecule is C[Si+3].[K+].[O-2].[O-2]. The zero-order chi connectivity index (χ0) is 2.00. The second-order valence-corrected chi connectivity index (χ2v) is 0. The van der Waals surface area contributed by atoms with E-state index in [0.717, 1.165) is 0 Å². The molecule has 0 heterocycles. The van der Waals surface area contributed by atoms with E-state index in [-0.39, 0.29) is 62.3 Å². The smallest absolute Gasteiger partial charge is 1.00 e. The molecule has 0 unspecified atom stereocenters. The molecule has 0 fully saturated rings. The van der Waals surface area contributed by atoms with E-state index < -0.39 is 0 Å². The van der Waals surface area contributed by atoms with Crippen molar-refractivity contribution in [1.82, 2.24) is 0 Å². The van der Waals surface area contributed by atoms with Crippen molar-refractivity contribution >= 4 is 10.2 Å². The third-order valence-electron chi connectivity index (χ3n) is 0. The Hall–Kier alpha value is 1.77. The van der Waals surface area contributed by atoms with Crippen molar-refractivity contribution in [3.8, 4) is 0 Å². The maximum atomic E-state index is 2.97. The molecule has 0 saturated heterocycles. The van der Waals surface area contributed by atoms with Gasteiger partial charge in [-0.15, -0.1) is 0 Å². The average Bonchev–Trinajstić information content (AvgIpc) is 1.00. The molecular weight excluding hydrogens is 111 g/mol. The van der Waals surface area contributed by atoms with Gasteiger partial charge in [-0.3, -0.25) is 0 Å². The quantitative estimate of drug-likeness (QED) is 0.301. The fourth-order valence-corrected chi connectivity index (χ4v) is 0. The summed E-state index contributed by atoms with van der Waals surface area (Å²) in [4.78, 5) is 0. The first-order valence-corrected chi connectivity index (χ1v) is 1.50. The topological polar surface area (TPSA) is 57.0 Å². The molecule has 0 saturated carbocycles. The minimum Gasteiger partial charge on any atom is -2.00 e. The van der Waals surface area contributed by atoms with Crippen LogP contribution in [0.25, 0.3) is 0 Å². The maximum Gasteiger partial charge on any atom is 1.00 e. The van der Waals surface area contributed by atoms with Gasteiger partial charge in [-0.2, -0.15) is 0 Å². The Balaban J connectivity index is -0.00000000167. The van der Waals surface area contributed by atoms with Crippen molar-refractivity contribution in [1.29, 1.82) is 0 Å². The Morgan fingerprint density at radius 3 is 1.00 bits per heavy atom. The summed E-state index contributed by atoms with van der Waals surface area (Å²) in [5.41, 5.74) is 0. The van der Waals surface area contributed by atoms with Gasteiger partial charge in [-0.1, -0.05) is 0 Å². The summed E-state index contributed by atoms with van der Waals surface area (Å²) < 4.78 is 0. The standard InChI is InChI=1S/CH3Si.K.2O/c1-2;;;/h1H3;;;/q+3;+1;2*-2. The molecule has 0 bridgehead atoms. The van der Waals surface area contributed by atoms with Crippen LogP contribution in [0, 0.1) is 0 Å². The molecule has 24 valence electrons. The summed E-state index contributed by atoms with van der Waals surface area (Å²) in [5.74, 6) is 0. The molecule has 0 aromatic heterocycles. The van der Waals surface area contributed by atoms with E-state index >= 15 is 0 Å². The predicted molar refractivity (Wildman–Crippen MR) is 13.0 cm³/mol. The zero-order valence-corrected chi connectivity index (χ0v) is 7.44. The molecule has 0 atom stereocenters. The average molecular weight is 114 g/mol. The van der Waals surface area contributed by atoms with E-state index in [1.807, 2.05) is 0 Å². The van der Waals surface area contributed by atoms with Gasteiger partial charge in [0.2, 0.25) is 0 Å². The van der Waals surface area contributed by atoms with Crippen molar-refractivity contribution in [2.45, 2.75) is 6.55 Å². The largest absolute Gasteiger partial charge is 2.00 e. The van der Waals surface area contributed by atoms with E-state index in [1.54, 1.807) is 6.55 Å². The van der Waals surface area contributed by atoms with E-state index in [9.17, 15) is 0 Å². The molecule has 0 amide bonds. The van der Waals surface area contributed by atoms with Crippen molar-refractivity contribution in [2.24, 2.45) is 0 Å². The first-order chi connectivity index (χ1) is 1.00. The van der Waals surface area contributed by atoms with Gasteiger partial charge in [-0.05, 0) is 0 Å². The van der Waals surface area contributed by atoms with Crippen molar-refractivity contribution in [3.63, 3.8) is 0 Å². The Bertz CT molecular complexity index is 9.61. The first-order valence-electron chi connectivity index (χ1n) is 0.500. The molecule has 0 N–H and O–H groups in total. The molecule has 4 heteroatoms. The fourth-order valence-electron chi connectivity index (χ4n) is 0. The Morgan fingerprint density at radius 2 is 1.00 bits per heavy atom. The first kappa shape index (κ1) is 29.4. The van der Waals surface area contributed by atoms with Crippen LogP contribution in [0.2, 0.25) is 6.55 Å². The molecule has 0 aliphatic carbocycles. The summed E-state index contributed by atoms with van der Waals surface area (Å²) in [5, 5.41) is 0. The second-order valence-electron chi connectivity index (χ2n) is 0. The van der Waals surface area contributed by atoms with Crippen LogP contribution >= 0.6 is 0 Å². The number of rotatable bonds is 0. The van der Waals surface area contributed by atoms with Gasteiger partial charge in [0.05, 0.1) is 0 Å². The van der Waals surface area contributed by atoms with Crippen LogP contribution in [0.3, 0.4) is 0 Å². The second kappa shape index (κ2) is 41.8. The van der Waals surface area contributed by atoms with Gasteiger partial charge < -0.3 is 11.0 Å². The third-order valence-corrected chi connectivity index (χ3v) is 0. The van der Waals surface area contributed by atoms with Crippen molar-refractivity contribution in [2.75, 3.05) is 0 Å². The molecule has 0 aliphatic heterocycles. The Kier molecular flexibility index (Phi) is 246. The summed E-state index contributed by atoms with van der Waals surface area (Å²) in [6, 6.07) is 0. The monoisotopic (exact) mass is 114 g/mol. The summed E-state index contributed by atoms with van der Waals surface area (Å²) in [6.07, 6.45) is 0. The van der Waals surface area contributed by atoms with Crippen LogP contribution < -0.4 is 51.4 Å². The number of hydrogen-bond donors (Lipinski definition) is 0. The van der Waals surface area contributed by atoms with Crippen LogP contribution in [-0.4, -0.2) is 10.2 Å². The fraction of sp³-hybridized carbons (Fsp3) is 1.00. The summed E-state index contributed by atoms with van der Waals surface area (Å²) >= 11 is 0.